The van der Waals surface area contributed by atoms with Gasteiger partial charge in [0.25, 0.3) is 0 Å². The van der Waals surface area contributed by atoms with Crippen LogP contribution < -0.4 is 14.6 Å². The van der Waals surface area contributed by atoms with Crippen molar-refractivity contribution >= 4 is 21.6 Å². The van der Waals surface area contributed by atoms with Gasteiger partial charge < -0.3 is 9.47 Å². The number of nitrogens with two attached hydrogens (primary N) is 1. The van der Waals surface area contributed by atoms with Crippen LogP contribution in [0.2, 0.25) is 5.02 Å². The van der Waals surface area contributed by atoms with Crippen molar-refractivity contribution in [2.75, 3.05) is 7.11 Å². The molecule has 0 aliphatic heterocycles. The first-order valence-electron chi connectivity index (χ1n) is 5.99. The van der Waals surface area contributed by atoms with E-state index in [0.717, 1.165) is 5.56 Å². The lowest BCUT2D eigenvalue weighted by Crippen LogP contribution is -2.14. The molecule has 0 heterocycles. The smallest absolute Gasteiger partial charge is 0.241 e. The van der Waals surface area contributed by atoms with Crippen LogP contribution in [0.1, 0.15) is 5.56 Å². The van der Waals surface area contributed by atoms with Crippen LogP contribution in [0.25, 0.3) is 0 Å². The fraction of sp³-hybridized carbons (Fsp3) is 0.143. The van der Waals surface area contributed by atoms with E-state index >= 15 is 0 Å². The van der Waals surface area contributed by atoms with E-state index in [2.05, 4.69) is 0 Å². The van der Waals surface area contributed by atoms with Gasteiger partial charge in [0.15, 0.2) is 0 Å². The lowest BCUT2D eigenvalue weighted by Gasteiger charge is -2.12. The molecule has 0 saturated carbocycles. The number of halogens is 1. The second kappa shape index (κ2) is 6.34. The molecule has 7 heteroatoms. The molecule has 0 bridgehead atoms. The minimum Gasteiger partial charge on any atom is -0.496 e. The van der Waals surface area contributed by atoms with E-state index in [1.165, 1.54) is 18.2 Å². The first kappa shape index (κ1) is 15.6. The molecule has 0 spiro atoms. The zero-order valence-electron chi connectivity index (χ0n) is 11.2. The molecule has 0 saturated heterocycles. The maximum Gasteiger partial charge on any atom is 0.241 e. The predicted octanol–water partition coefficient (Wildman–Crippen LogP) is 2.57. The van der Waals surface area contributed by atoms with Crippen LogP contribution >= 0.6 is 11.6 Å². The first-order chi connectivity index (χ1) is 9.91. The van der Waals surface area contributed by atoms with Crippen LogP contribution in [-0.2, 0) is 16.6 Å². The molecule has 5 nitrogen and oxygen atoms in total. The van der Waals surface area contributed by atoms with Crippen LogP contribution in [0.15, 0.2) is 47.4 Å². The third kappa shape index (κ3) is 3.87. The number of hydrogen-bond donors (Lipinski definition) is 1. The molecule has 2 rings (SSSR count). The summed E-state index contributed by atoms with van der Waals surface area (Å²) < 4.78 is 33.9. The molecule has 0 aliphatic rings. The summed E-state index contributed by atoms with van der Waals surface area (Å²) in [4.78, 5) is -0.148. The second-order valence-corrected chi connectivity index (χ2v) is 6.20. The van der Waals surface area contributed by atoms with Gasteiger partial charge in [-0.1, -0.05) is 29.8 Å². The molecule has 0 radical (unpaired) electrons. The van der Waals surface area contributed by atoms with Gasteiger partial charge in [0.1, 0.15) is 23.0 Å². The molecule has 2 aromatic rings. The van der Waals surface area contributed by atoms with Gasteiger partial charge in [-0.15, -0.1) is 0 Å². The topological polar surface area (TPSA) is 78.6 Å². The van der Waals surface area contributed by atoms with E-state index in [9.17, 15) is 8.42 Å². The van der Waals surface area contributed by atoms with Crippen molar-refractivity contribution in [1.82, 2.24) is 0 Å². The Morgan fingerprint density at radius 2 is 1.86 bits per heavy atom. The van der Waals surface area contributed by atoms with Gasteiger partial charge in [-0.05, 0) is 24.3 Å². The Bertz CT molecular complexity index is 746. The lowest BCUT2D eigenvalue weighted by molar-refractivity contribution is 0.289. The molecule has 0 unspecified atom stereocenters. The summed E-state index contributed by atoms with van der Waals surface area (Å²) in [6.45, 7) is 0.147. The number of para-hydroxylation sites is 1. The third-order valence-corrected chi connectivity index (χ3v) is 3.96. The van der Waals surface area contributed by atoms with E-state index in [4.69, 9.17) is 26.2 Å². The van der Waals surface area contributed by atoms with E-state index in [-0.39, 0.29) is 22.3 Å². The Balaban J connectivity index is 2.29. The van der Waals surface area contributed by atoms with E-state index in [1.54, 1.807) is 13.2 Å². The zero-order valence-corrected chi connectivity index (χ0v) is 12.8. The van der Waals surface area contributed by atoms with Gasteiger partial charge in [0.2, 0.25) is 10.0 Å². The van der Waals surface area contributed by atoms with Gasteiger partial charge in [-0.2, -0.15) is 0 Å². The number of primary sulfonamides is 1. The van der Waals surface area contributed by atoms with Gasteiger partial charge in [0, 0.05) is 10.6 Å². The highest BCUT2D eigenvalue weighted by atomic mass is 35.5. The summed E-state index contributed by atoms with van der Waals surface area (Å²) in [6.07, 6.45) is 0. The normalized spacial score (nSPS) is 11.2. The van der Waals surface area contributed by atoms with Gasteiger partial charge in [-0.3, -0.25) is 0 Å². The highest BCUT2D eigenvalue weighted by molar-refractivity contribution is 7.89. The number of hydrogen-bond acceptors (Lipinski definition) is 4. The quantitative estimate of drug-likeness (QED) is 0.915. The molecule has 0 amide bonds. The van der Waals surface area contributed by atoms with Crippen LogP contribution in [0, 0.1) is 0 Å². The standard InChI is InChI=1S/C14H14ClNO4S/c1-19-12-5-3-2-4-10(12)9-20-13-7-6-11(15)8-14(13)21(16,17)18/h2-8H,9H2,1H3,(H2,16,17,18). The van der Waals surface area contributed by atoms with Crippen LogP contribution in [0.4, 0.5) is 0 Å². The Morgan fingerprint density at radius 1 is 1.14 bits per heavy atom. The minimum absolute atomic E-state index is 0.146. The Labute approximate surface area is 128 Å². The maximum absolute atomic E-state index is 11.6. The fourth-order valence-electron chi connectivity index (χ4n) is 1.80. The van der Waals surface area contributed by atoms with Crippen molar-refractivity contribution in [3.8, 4) is 11.5 Å². The first-order valence-corrected chi connectivity index (χ1v) is 7.91. The number of methoxy groups -OCH3 is 1. The van der Waals surface area contributed by atoms with Crippen LogP contribution in [0.3, 0.4) is 0 Å². The average Bonchev–Trinajstić information content (AvgIpc) is 2.45. The number of sulfonamides is 1. The van der Waals surface area contributed by atoms with Crippen LogP contribution in [0.5, 0.6) is 11.5 Å². The largest absolute Gasteiger partial charge is 0.496 e. The van der Waals surface area contributed by atoms with Crippen molar-refractivity contribution in [2.45, 2.75) is 11.5 Å². The summed E-state index contributed by atoms with van der Waals surface area (Å²) in [7, 11) is -2.36. The average molecular weight is 328 g/mol. The number of rotatable bonds is 5. The highest BCUT2D eigenvalue weighted by Gasteiger charge is 2.16. The Kier molecular flexibility index (Phi) is 4.72. The molecule has 0 atom stereocenters. The molecule has 0 aromatic heterocycles. The predicted molar refractivity (Wildman–Crippen MR) is 80.2 cm³/mol. The monoisotopic (exact) mass is 327 g/mol. The molecule has 2 aromatic carbocycles. The molecular formula is C14H14ClNO4S. The Morgan fingerprint density at radius 3 is 2.52 bits per heavy atom. The van der Waals surface area contributed by atoms with Crippen molar-refractivity contribution in [3.63, 3.8) is 0 Å². The summed E-state index contributed by atoms with van der Waals surface area (Å²) in [6, 6.07) is 11.6. The Hall–Kier alpha value is -1.76. The molecule has 0 aliphatic carbocycles. The second-order valence-electron chi connectivity index (χ2n) is 4.24. The lowest BCUT2D eigenvalue weighted by atomic mass is 10.2. The fourth-order valence-corrected chi connectivity index (χ4v) is 2.74. The van der Waals surface area contributed by atoms with Crippen molar-refractivity contribution in [2.24, 2.45) is 5.14 Å². The zero-order chi connectivity index (χ0) is 15.5. The molecule has 112 valence electrons. The van der Waals surface area contributed by atoms with E-state index in [1.807, 2.05) is 18.2 Å². The third-order valence-electron chi connectivity index (χ3n) is 2.79. The summed E-state index contributed by atoms with van der Waals surface area (Å²) >= 11 is 5.79. The minimum atomic E-state index is -3.92. The molecule has 0 fully saturated rings. The van der Waals surface area contributed by atoms with Crippen molar-refractivity contribution < 1.29 is 17.9 Å². The summed E-state index contributed by atoms with van der Waals surface area (Å²) in [5.41, 5.74) is 0.787. The maximum atomic E-state index is 11.6. The number of ether oxygens (including phenoxy) is 2. The molecule has 21 heavy (non-hydrogen) atoms. The highest BCUT2D eigenvalue weighted by Crippen LogP contribution is 2.28. The SMILES string of the molecule is COc1ccccc1COc1ccc(Cl)cc1S(N)(=O)=O. The van der Waals surface area contributed by atoms with Gasteiger partial charge in [0.05, 0.1) is 7.11 Å². The van der Waals surface area contributed by atoms with E-state index in [0.29, 0.717) is 5.75 Å². The molecule has 2 N–H and O–H groups in total. The molecular weight excluding hydrogens is 314 g/mol. The summed E-state index contributed by atoms with van der Waals surface area (Å²) in [5.74, 6) is 0.802. The van der Waals surface area contributed by atoms with Crippen molar-refractivity contribution in [3.05, 3.63) is 53.1 Å². The van der Waals surface area contributed by atoms with Gasteiger partial charge in [-0.25, -0.2) is 13.6 Å². The number of benzene rings is 2. The van der Waals surface area contributed by atoms with Gasteiger partial charge >= 0.3 is 0 Å². The van der Waals surface area contributed by atoms with Crippen LogP contribution in [-0.4, -0.2) is 15.5 Å². The van der Waals surface area contributed by atoms with E-state index < -0.39 is 10.0 Å². The summed E-state index contributed by atoms with van der Waals surface area (Å²) in [5, 5.41) is 5.43. The van der Waals surface area contributed by atoms with Crippen molar-refractivity contribution in [1.29, 1.82) is 0 Å².